The Hall–Kier alpha value is -3.97. The van der Waals surface area contributed by atoms with Crippen molar-refractivity contribution >= 4 is 22.5 Å². The van der Waals surface area contributed by atoms with Gasteiger partial charge in [-0.25, -0.2) is 0 Å². The van der Waals surface area contributed by atoms with Gasteiger partial charge in [0, 0.05) is 74.3 Å². The van der Waals surface area contributed by atoms with Crippen LogP contribution in [0.1, 0.15) is 36.0 Å². The number of carbonyl (C=O) groups is 1. The lowest BCUT2D eigenvalue weighted by Crippen LogP contribution is -2.48. The van der Waals surface area contributed by atoms with E-state index in [2.05, 4.69) is 34.7 Å². The van der Waals surface area contributed by atoms with E-state index in [-0.39, 0.29) is 22.4 Å². The van der Waals surface area contributed by atoms with Crippen molar-refractivity contribution in [1.29, 1.82) is 0 Å². The third kappa shape index (κ3) is 5.42. The second kappa shape index (κ2) is 11.0. The molecule has 0 aliphatic carbocycles. The van der Waals surface area contributed by atoms with E-state index in [9.17, 15) is 14.9 Å². The van der Waals surface area contributed by atoms with Gasteiger partial charge >= 0.3 is 0 Å². The highest BCUT2D eigenvalue weighted by molar-refractivity contribution is 5.88. The Morgan fingerprint density at radius 1 is 0.946 bits per heavy atom. The van der Waals surface area contributed by atoms with Gasteiger partial charge in [-0.05, 0) is 29.3 Å². The number of nitrogens with zero attached hydrogens (tertiary/aromatic N) is 4. The topological polar surface area (TPSA) is 71.6 Å². The Morgan fingerprint density at radius 3 is 2.27 bits per heavy atom. The molecule has 0 bridgehead atoms. The van der Waals surface area contributed by atoms with Gasteiger partial charge < -0.3 is 14.4 Å². The zero-order valence-corrected chi connectivity index (χ0v) is 21.1. The molecule has 0 spiro atoms. The summed E-state index contributed by atoms with van der Waals surface area (Å²) in [6, 6.07) is 25.2. The van der Waals surface area contributed by atoms with Crippen molar-refractivity contribution < 1.29 is 9.72 Å². The molecule has 37 heavy (non-hydrogen) atoms. The number of hydrogen-bond acceptors (Lipinski definition) is 4. The van der Waals surface area contributed by atoms with E-state index in [0.717, 1.165) is 60.3 Å². The molecule has 0 unspecified atom stereocenters. The molecule has 190 valence electrons. The fourth-order valence-corrected chi connectivity index (χ4v) is 5.32. The van der Waals surface area contributed by atoms with Crippen LogP contribution in [0, 0.1) is 10.1 Å². The molecule has 4 aromatic rings. The van der Waals surface area contributed by atoms with Crippen LogP contribution in [0.25, 0.3) is 10.9 Å². The van der Waals surface area contributed by atoms with Crippen LogP contribution in [0.15, 0.2) is 85.1 Å². The second-order valence-electron chi connectivity index (χ2n) is 9.64. The molecule has 1 atom stereocenters. The number of carbonyl (C=O) groups excluding carboxylic acids is 1. The number of benzene rings is 3. The summed E-state index contributed by atoms with van der Waals surface area (Å²) in [6.45, 7) is 7.03. The van der Waals surface area contributed by atoms with Gasteiger partial charge in [-0.2, -0.15) is 0 Å². The number of likely N-dealkylation sites (N-methyl/N-ethyl adjacent to an activating group) is 1. The normalized spacial score (nSPS) is 15.1. The number of rotatable bonds is 8. The number of piperazine rings is 1. The monoisotopic (exact) mass is 496 g/mol. The van der Waals surface area contributed by atoms with Crippen LogP contribution in [0.5, 0.6) is 0 Å². The Bertz CT molecular complexity index is 1380. The predicted molar refractivity (Wildman–Crippen MR) is 146 cm³/mol. The minimum absolute atomic E-state index is 0.0556. The van der Waals surface area contributed by atoms with Gasteiger partial charge in [-0.3, -0.25) is 14.9 Å². The van der Waals surface area contributed by atoms with E-state index in [0.29, 0.717) is 13.0 Å². The predicted octanol–water partition coefficient (Wildman–Crippen LogP) is 5.28. The molecule has 7 nitrogen and oxygen atoms in total. The number of amides is 1. The first-order valence-electron chi connectivity index (χ1n) is 12.9. The van der Waals surface area contributed by atoms with Crippen molar-refractivity contribution in [3.8, 4) is 0 Å². The highest BCUT2D eigenvalue weighted by Gasteiger charge is 2.27. The lowest BCUT2D eigenvalue weighted by molar-refractivity contribution is -0.384. The average Bonchev–Trinajstić information content (AvgIpc) is 3.29. The van der Waals surface area contributed by atoms with E-state index < -0.39 is 0 Å². The summed E-state index contributed by atoms with van der Waals surface area (Å²) in [7, 11) is 0. The Balaban J connectivity index is 1.56. The highest BCUT2D eigenvalue weighted by Crippen LogP contribution is 2.37. The van der Waals surface area contributed by atoms with Crippen molar-refractivity contribution in [3.63, 3.8) is 0 Å². The lowest BCUT2D eigenvalue weighted by atomic mass is 9.87. The van der Waals surface area contributed by atoms with Crippen molar-refractivity contribution in [1.82, 2.24) is 14.4 Å². The summed E-state index contributed by atoms with van der Waals surface area (Å²) >= 11 is 0. The molecule has 0 saturated carbocycles. The Morgan fingerprint density at radius 2 is 1.62 bits per heavy atom. The number of non-ortho nitro benzene ring substituents is 1. The molecule has 1 fully saturated rings. The van der Waals surface area contributed by atoms with Crippen LogP contribution in [0.3, 0.4) is 0 Å². The highest BCUT2D eigenvalue weighted by atomic mass is 16.6. The Kier molecular flexibility index (Phi) is 7.32. The maximum Gasteiger partial charge on any atom is 0.270 e. The van der Waals surface area contributed by atoms with Crippen molar-refractivity contribution in [2.45, 2.75) is 25.8 Å². The van der Waals surface area contributed by atoms with Gasteiger partial charge in [0.2, 0.25) is 5.91 Å². The van der Waals surface area contributed by atoms with Gasteiger partial charge in [0.25, 0.3) is 5.69 Å². The van der Waals surface area contributed by atoms with Crippen LogP contribution in [0.4, 0.5) is 5.69 Å². The van der Waals surface area contributed by atoms with Crippen LogP contribution >= 0.6 is 0 Å². The molecule has 3 aromatic carbocycles. The molecule has 0 radical (unpaired) electrons. The minimum atomic E-state index is -0.354. The molecule has 7 heteroatoms. The quantitative estimate of drug-likeness (QED) is 0.246. The van der Waals surface area contributed by atoms with Gasteiger partial charge in [-0.1, -0.05) is 67.6 Å². The standard InChI is InChI=1S/C30H32N4O3/c1-2-31-15-17-32(18-16-31)30(35)20-26(24-11-7-4-8-12-24)28-22-33(21-23-9-5-3-6-10-23)29-14-13-25(34(36)37)19-27(28)29/h3-14,19,22,26H,2,15-18,20-21H2,1H3/t26-/m0/s1. The molecule has 5 rings (SSSR count). The van der Waals surface area contributed by atoms with Crippen molar-refractivity contribution in [3.05, 3.63) is 112 Å². The summed E-state index contributed by atoms with van der Waals surface area (Å²) in [4.78, 5) is 29.2. The molecule has 0 N–H and O–H groups in total. The third-order valence-corrected chi connectivity index (χ3v) is 7.43. The number of nitro groups is 1. The van der Waals surface area contributed by atoms with E-state index in [1.807, 2.05) is 59.5 Å². The SMILES string of the molecule is CCN1CCN(C(=O)C[C@@H](c2ccccc2)c2cn(Cc3ccccc3)c3ccc([N+](=O)[O-])cc23)CC1. The fourth-order valence-electron chi connectivity index (χ4n) is 5.32. The van der Waals surface area contributed by atoms with Gasteiger partial charge in [0.15, 0.2) is 0 Å². The number of fused-ring (bicyclic) bond motifs is 1. The van der Waals surface area contributed by atoms with Crippen molar-refractivity contribution in [2.75, 3.05) is 32.7 Å². The van der Waals surface area contributed by atoms with Crippen LogP contribution in [-0.4, -0.2) is 57.9 Å². The van der Waals surface area contributed by atoms with Crippen LogP contribution in [-0.2, 0) is 11.3 Å². The average molecular weight is 497 g/mol. The Labute approximate surface area is 217 Å². The molecule has 1 aliphatic rings. The largest absolute Gasteiger partial charge is 0.343 e. The van der Waals surface area contributed by atoms with Gasteiger partial charge in [-0.15, -0.1) is 0 Å². The van der Waals surface area contributed by atoms with E-state index in [1.165, 1.54) is 0 Å². The maximum atomic E-state index is 13.6. The summed E-state index contributed by atoms with van der Waals surface area (Å²) in [5.74, 6) is -0.0848. The molecule has 1 aliphatic heterocycles. The number of aromatic nitrogens is 1. The molecular weight excluding hydrogens is 464 g/mol. The molecule has 1 saturated heterocycles. The number of nitro benzene ring substituents is 1. The molecule has 2 heterocycles. The molecule has 1 amide bonds. The maximum absolute atomic E-state index is 13.6. The smallest absolute Gasteiger partial charge is 0.270 e. The fraction of sp³-hybridized carbons (Fsp3) is 0.300. The summed E-state index contributed by atoms with van der Waals surface area (Å²) < 4.78 is 2.14. The van der Waals surface area contributed by atoms with Gasteiger partial charge in [0.05, 0.1) is 4.92 Å². The van der Waals surface area contributed by atoms with E-state index in [1.54, 1.807) is 12.1 Å². The van der Waals surface area contributed by atoms with Gasteiger partial charge in [0.1, 0.15) is 0 Å². The van der Waals surface area contributed by atoms with Crippen LogP contribution in [0.2, 0.25) is 0 Å². The first-order chi connectivity index (χ1) is 18.0. The second-order valence-corrected chi connectivity index (χ2v) is 9.64. The summed E-state index contributed by atoms with van der Waals surface area (Å²) in [5, 5.41) is 12.5. The number of hydrogen-bond donors (Lipinski definition) is 0. The molecule has 1 aromatic heterocycles. The zero-order chi connectivity index (χ0) is 25.8. The minimum Gasteiger partial charge on any atom is -0.343 e. The first kappa shape index (κ1) is 24.7. The molecular formula is C30H32N4O3. The summed E-state index contributed by atoms with van der Waals surface area (Å²) in [5.41, 5.74) is 4.11. The van der Waals surface area contributed by atoms with E-state index >= 15 is 0 Å². The van der Waals surface area contributed by atoms with Crippen molar-refractivity contribution in [2.24, 2.45) is 0 Å². The zero-order valence-electron chi connectivity index (χ0n) is 21.1. The third-order valence-electron chi connectivity index (χ3n) is 7.43. The summed E-state index contributed by atoms with van der Waals surface area (Å²) in [6.07, 6.45) is 2.41. The first-order valence-corrected chi connectivity index (χ1v) is 12.9. The van der Waals surface area contributed by atoms with Crippen LogP contribution < -0.4 is 0 Å². The lowest BCUT2D eigenvalue weighted by Gasteiger charge is -2.34. The van der Waals surface area contributed by atoms with E-state index in [4.69, 9.17) is 0 Å².